The molecule has 2 rings (SSSR count). The van der Waals surface area contributed by atoms with E-state index in [1.54, 1.807) is 19.4 Å². The van der Waals surface area contributed by atoms with Gasteiger partial charge in [-0.05, 0) is 36.5 Å². The van der Waals surface area contributed by atoms with Crippen molar-refractivity contribution < 1.29 is 9.53 Å². The fourth-order valence-electron chi connectivity index (χ4n) is 2.51. The minimum absolute atomic E-state index is 0.213. The Morgan fingerprint density at radius 1 is 1.28 bits per heavy atom. The molecule has 0 unspecified atom stereocenters. The number of methoxy groups -OCH3 is 1. The largest absolute Gasteiger partial charge is 0.385 e. The minimum atomic E-state index is -0.213. The highest BCUT2D eigenvalue weighted by Crippen LogP contribution is 2.29. The van der Waals surface area contributed by atoms with Crippen molar-refractivity contribution in [2.45, 2.75) is 33.1 Å². The van der Waals surface area contributed by atoms with Crippen LogP contribution in [0.1, 0.15) is 47.8 Å². The normalized spacial score (nSPS) is 10.8. The van der Waals surface area contributed by atoms with Crippen LogP contribution in [0.2, 0.25) is 0 Å². The first-order valence-corrected chi connectivity index (χ1v) is 8.49. The maximum Gasteiger partial charge on any atom is 0.270 e. The summed E-state index contributed by atoms with van der Waals surface area (Å²) in [4.78, 5) is 20.8. The number of nitrogens with zero attached hydrogens (tertiary/aromatic N) is 2. The zero-order chi connectivity index (χ0) is 18.2. The molecule has 0 saturated heterocycles. The van der Waals surface area contributed by atoms with Gasteiger partial charge in [0.05, 0.1) is 0 Å². The van der Waals surface area contributed by atoms with E-state index in [4.69, 9.17) is 4.74 Å². The fraction of sp³-hybridized carbons (Fsp3) is 0.421. The van der Waals surface area contributed by atoms with Crippen LogP contribution in [0.25, 0.3) is 0 Å². The number of aromatic nitrogens is 2. The summed E-state index contributed by atoms with van der Waals surface area (Å²) in [6, 6.07) is 7.78. The highest BCUT2D eigenvalue weighted by molar-refractivity contribution is 5.92. The van der Waals surface area contributed by atoms with Gasteiger partial charge in [0, 0.05) is 32.1 Å². The molecule has 0 fully saturated rings. The van der Waals surface area contributed by atoms with Crippen LogP contribution < -0.4 is 10.6 Å². The first kappa shape index (κ1) is 18.9. The first-order chi connectivity index (χ1) is 12.0. The molecule has 0 saturated carbocycles. The number of para-hydroxylation sites is 1. The molecule has 0 radical (unpaired) electrons. The Labute approximate surface area is 149 Å². The maximum atomic E-state index is 12.2. The molecule has 1 amide bonds. The quantitative estimate of drug-likeness (QED) is 0.719. The SMILES string of the molecule is COCCCNC(=O)c1ccnc(Nc2c(C)cccc2C(C)C)n1. The van der Waals surface area contributed by atoms with E-state index < -0.39 is 0 Å². The third kappa shape index (κ3) is 5.26. The molecule has 0 aliphatic heterocycles. The van der Waals surface area contributed by atoms with Gasteiger partial charge < -0.3 is 15.4 Å². The van der Waals surface area contributed by atoms with Gasteiger partial charge in [0.2, 0.25) is 5.95 Å². The van der Waals surface area contributed by atoms with Crippen LogP contribution in [-0.2, 0) is 4.74 Å². The minimum Gasteiger partial charge on any atom is -0.385 e. The number of carbonyl (C=O) groups excluding carboxylic acids is 1. The molecule has 134 valence electrons. The summed E-state index contributed by atoms with van der Waals surface area (Å²) in [6.45, 7) is 7.49. The predicted octanol–water partition coefficient (Wildman–Crippen LogP) is 3.42. The third-order valence-corrected chi connectivity index (χ3v) is 3.86. The van der Waals surface area contributed by atoms with Crippen LogP contribution in [0.15, 0.2) is 30.5 Å². The van der Waals surface area contributed by atoms with E-state index in [0.717, 1.165) is 17.7 Å². The maximum absolute atomic E-state index is 12.2. The number of rotatable bonds is 8. The molecule has 1 aromatic carbocycles. The van der Waals surface area contributed by atoms with E-state index in [0.29, 0.717) is 30.7 Å². The van der Waals surface area contributed by atoms with Crippen molar-refractivity contribution in [3.8, 4) is 0 Å². The molecule has 25 heavy (non-hydrogen) atoms. The van der Waals surface area contributed by atoms with Crippen LogP contribution in [0, 0.1) is 6.92 Å². The first-order valence-electron chi connectivity index (χ1n) is 8.49. The van der Waals surface area contributed by atoms with Crippen LogP contribution in [0.3, 0.4) is 0 Å². The monoisotopic (exact) mass is 342 g/mol. The molecule has 2 N–H and O–H groups in total. The molecule has 6 nitrogen and oxygen atoms in total. The number of amides is 1. The topological polar surface area (TPSA) is 76.1 Å². The second-order valence-electron chi connectivity index (χ2n) is 6.19. The van der Waals surface area contributed by atoms with Gasteiger partial charge in [-0.3, -0.25) is 4.79 Å². The van der Waals surface area contributed by atoms with Crippen molar-refractivity contribution in [3.63, 3.8) is 0 Å². The molecular weight excluding hydrogens is 316 g/mol. The Morgan fingerprint density at radius 3 is 2.80 bits per heavy atom. The van der Waals surface area contributed by atoms with Gasteiger partial charge >= 0.3 is 0 Å². The molecule has 0 bridgehead atoms. The zero-order valence-corrected chi connectivity index (χ0v) is 15.3. The zero-order valence-electron chi connectivity index (χ0n) is 15.3. The van der Waals surface area contributed by atoms with Gasteiger partial charge in [0.25, 0.3) is 5.91 Å². The number of ether oxygens (including phenoxy) is 1. The number of anilines is 2. The molecule has 2 aromatic rings. The summed E-state index contributed by atoms with van der Waals surface area (Å²) in [7, 11) is 1.64. The highest BCUT2D eigenvalue weighted by atomic mass is 16.5. The van der Waals surface area contributed by atoms with E-state index in [1.165, 1.54) is 5.56 Å². The average Bonchev–Trinajstić information content (AvgIpc) is 2.60. The van der Waals surface area contributed by atoms with Crippen molar-refractivity contribution in [3.05, 3.63) is 47.3 Å². The Kier molecular flexibility index (Phi) is 6.89. The van der Waals surface area contributed by atoms with E-state index in [-0.39, 0.29) is 5.91 Å². The molecule has 6 heteroatoms. The number of hydrogen-bond donors (Lipinski definition) is 2. The van der Waals surface area contributed by atoms with Crippen LogP contribution >= 0.6 is 0 Å². The summed E-state index contributed by atoms with van der Waals surface area (Å²) in [5.74, 6) is 0.575. The molecule has 0 spiro atoms. The third-order valence-electron chi connectivity index (χ3n) is 3.86. The van der Waals surface area contributed by atoms with E-state index in [1.807, 2.05) is 19.1 Å². The standard InChI is InChI=1S/C19H26N4O2/c1-13(2)15-8-5-7-14(3)17(15)23-19-21-11-9-16(22-19)18(24)20-10-6-12-25-4/h5,7-9,11,13H,6,10,12H2,1-4H3,(H,20,24)(H,21,22,23). The molecule has 0 atom stereocenters. The van der Waals surface area contributed by atoms with Gasteiger partial charge in [-0.1, -0.05) is 32.0 Å². The van der Waals surface area contributed by atoms with E-state index >= 15 is 0 Å². The Hall–Kier alpha value is -2.47. The van der Waals surface area contributed by atoms with E-state index in [9.17, 15) is 4.79 Å². The van der Waals surface area contributed by atoms with Crippen LogP contribution in [0.4, 0.5) is 11.6 Å². The molecular formula is C19H26N4O2. The smallest absolute Gasteiger partial charge is 0.270 e. The van der Waals surface area contributed by atoms with Crippen molar-refractivity contribution in [1.82, 2.24) is 15.3 Å². The molecule has 0 aliphatic rings. The second-order valence-corrected chi connectivity index (χ2v) is 6.19. The Bertz CT molecular complexity index is 716. The van der Waals surface area contributed by atoms with Gasteiger partial charge in [-0.2, -0.15) is 0 Å². The van der Waals surface area contributed by atoms with Gasteiger partial charge in [0.1, 0.15) is 5.69 Å². The summed E-state index contributed by atoms with van der Waals surface area (Å²) in [5, 5.41) is 6.10. The van der Waals surface area contributed by atoms with Crippen molar-refractivity contribution >= 4 is 17.5 Å². The Morgan fingerprint density at radius 2 is 2.08 bits per heavy atom. The summed E-state index contributed by atoms with van der Waals surface area (Å²) in [6.07, 6.45) is 2.35. The van der Waals surface area contributed by atoms with Crippen molar-refractivity contribution in [1.29, 1.82) is 0 Å². The van der Waals surface area contributed by atoms with Gasteiger partial charge in [-0.15, -0.1) is 0 Å². The number of benzene rings is 1. The number of aryl methyl sites for hydroxylation is 1. The number of nitrogens with one attached hydrogen (secondary N) is 2. The lowest BCUT2D eigenvalue weighted by molar-refractivity contribution is 0.0943. The summed E-state index contributed by atoms with van der Waals surface area (Å²) >= 11 is 0. The summed E-state index contributed by atoms with van der Waals surface area (Å²) < 4.78 is 4.97. The van der Waals surface area contributed by atoms with Gasteiger partial charge in [0.15, 0.2) is 0 Å². The lowest BCUT2D eigenvalue weighted by Crippen LogP contribution is -2.26. The van der Waals surface area contributed by atoms with E-state index in [2.05, 4.69) is 40.5 Å². The van der Waals surface area contributed by atoms with Crippen LogP contribution in [-0.4, -0.2) is 36.1 Å². The lowest BCUT2D eigenvalue weighted by atomic mass is 9.98. The lowest BCUT2D eigenvalue weighted by Gasteiger charge is -2.16. The van der Waals surface area contributed by atoms with Crippen LogP contribution in [0.5, 0.6) is 0 Å². The molecule has 0 aliphatic carbocycles. The predicted molar refractivity (Wildman–Crippen MR) is 99.4 cm³/mol. The fourth-order valence-corrected chi connectivity index (χ4v) is 2.51. The van der Waals surface area contributed by atoms with Crippen molar-refractivity contribution in [2.24, 2.45) is 0 Å². The molecule has 1 heterocycles. The highest BCUT2D eigenvalue weighted by Gasteiger charge is 2.12. The average molecular weight is 342 g/mol. The molecule has 1 aromatic heterocycles. The Balaban J connectivity index is 2.13. The second kappa shape index (κ2) is 9.13. The summed E-state index contributed by atoms with van der Waals surface area (Å²) in [5.41, 5.74) is 3.65. The van der Waals surface area contributed by atoms with Gasteiger partial charge in [-0.25, -0.2) is 9.97 Å². The number of carbonyl (C=O) groups is 1. The van der Waals surface area contributed by atoms with Crippen molar-refractivity contribution in [2.75, 3.05) is 25.6 Å². The number of hydrogen-bond acceptors (Lipinski definition) is 5.